The summed E-state index contributed by atoms with van der Waals surface area (Å²) in [4.78, 5) is 23.8. The first-order chi connectivity index (χ1) is 11.5. The first-order valence-corrected chi connectivity index (χ1v) is 7.22. The van der Waals surface area contributed by atoms with Crippen molar-refractivity contribution in [2.75, 3.05) is 5.32 Å². The van der Waals surface area contributed by atoms with Crippen molar-refractivity contribution in [1.82, 2.24) is 9.78 Å². The van der Waals surface area contributed by atoms with E-state index in [1.54, 1.807) is 12.1 Å². The van der Waals surface area contributed by atoms with Crippen molar-refractivity contribution in [3.63, 3.8) is 0 Å². The van der Waals surface area contributed by atoms with Crippen LogP contribution in [0.15, 0.2) is 57.7 Å². The summed E-state index contributed by atoms with van der Waals surface area (Å²) >= 11 is 0. The average Bonchev–Trinajstić information content (AvgIpc) is 2.91. The highest BCUT2D eigenvalue weighted by atomic mass is 19.1. The van der Waals surface area contributed by atoms with Crippen LogP contribution in [0.25, 0.3) is 11.5 Å². The summed E-state index contributed by atoms with van der Waals surface area (Å²) in [6, 6.07) is 12.6. The molecule has 0 aliphatic heterocycles. The number of aryl methyl sites for hydroxylation is 1. The summed E-state index contributed by atoms with van der Waals surface area (Å²) in [5, 5.41) is 6.63. The zero-order valence-corrected chi connectivity index (χ0v) is 12.8. The van der Waals surface area contributed by atoms with Gasteiger partial charge in [0.15, 0.2) is 0 Å². The van der Waals surface area contributed by atoms with Gasteiger partial charge in [0.1, 0.15) is 12.4 Å². The first-order valence-electron chi connectivity index (χ1n) is 7.22. The number of anilines is 1. The van der Waals surface area contributed by atoms with Gasteiger partial charge in [-0.25, -0.2) is 9.18 Å². The molecule has 2 aromatic carbocycles. The highest BCUT2D eigenvalue weighted by Crippen LogP contribution is 2.15. The van der Waals surface area contributed by atoms with Crippen molar-refractivity contribution < 1.29 is 13.6 Å². The maximum Gasteiger partial charge on any atom is 0.437 e. The number of aromatic nitrogens is 2. The monoisotopic (exact) mass is 327 g/mol. The molecule has 3 rings (SSSR count). The molecule has 122 valence electrons. The van der Waals surface area contributed by atoms with Crippen LogP contribution in [0, 0.1) is 12.7 Å². The van der Waals surface area contributed by atoms with E-state index in [2.05, 4.69) is 10.4 Å². The fourth-order valence-corrected chi connectivity index (χ4v) is 2.09. The minimum atomic E-state index is -0.756. The number of amides is 1. The first kappa shape index (κ1) is 15.7. The third kappa shape index (κ3) is 3.57. The molecule has 0 fully saturated rings. The van der Waals surface area contributed by atoms with Crippen LogP contribution in [0.4, 0.5) is 10.1 Å². The van der Waals surface area contributed by atoms with Crippen LogP contribution in [0.3, 0.4) is 0 Å². The van der Waals surface area contributed by atoms with E-state index in [9.17, 15) is 14.0 Å². The standard InChI is InChI=1S/C17H14FN3O3/c1-11-2-8-14(9-3-11)19-15(22)10-21-17(23)24-16(20-21)12-4-6-13(18)7-5-12/h2-9H,10H2,1H3,(H,19,22). The van der Waals surface area contributed by atoms with Gasteiger partial charge < -0.3 is 9.73 Å². The Kier molecular flexibility index (Phi) is 4.24. The number of nitrogens with zero attached hydrogens (tertiary/aromatic N) is 2. The van der Waals surface area contributed by atoms with Crippen molar-refractivity contribution in [1.29, 1.82) is 0 Å². The molecule has 1 heterocycles. The Labute approximate surface area is 136 Å². The van der Waals surface area contributed by atoms with Gasteiger partial charge in [0, 0.05) is 11.3 Å². The third-order valence-corrected chi connectivity index (χ3v) is 3.33. The SMILES string of the molecule is Cc1ccc(NC(=O)Cn2nc(-c3ccc(F)cc3)oc2=O)cc1. The Balaban J connectivity index is 1.73. The van der Waals surface area contributed by atoms with Crippen LogP contribution >= 0.6 is 0 Å². The molecule has 3 aromatic rings. The summed E-state index contributed by atoms with van der Waals surface area (Å²) in [5.74, 6) is -1.53. The average molecular weight is 327 g/mol. The summed E-state index contributed by atoms with van der Waals surface area (Å²) in [6.07, 6.45) is 0. The second kappa shape index (κ2) is 6.49. The lowest BCUT2D eigenvalue weighted by Gasteiger charge is -2.04. The molecule has 7 heteroatoms. The number of carbonyl (C=O) groups excluding carboxylic acids is 1. The molecule has 0 spiro atoms. The van der Waals surface area contributed by atoms with Crippen molar-refractivity contribution >= 4 is 11.6 Å². The fourth-order valence-electron chi connectivity index (χ4n) is 2.09. The van der Waals surface area contributed by atoms with Gasteiger partial charge in [0.2, 0.25) is 11.8 Å². The van der Waals surface area contributed by atoms with E-state index < -0.39 is 17.5 Å². The Hall–Kier alpha value is -3.22. The van der Waals surface area contributed by atoms with E-state index in [1.807, 2.05) is 19.1 Å². The molecule has 6 nitrogen and oxygen atoms in total. The van der Waals surface area contributed by atoms with Gasteiger partial charge in [-0.3, -0.25) is 4.79 Å². The van der Waals surface area contributed by atoms with Crippen molar-refractivity contribution in [2.45, 2.75) is 13.5 Å². The number of benzene rings is 2. The Morgan fingerprint density at radius 1 is 1.17 bits per heavy atom. The predicted molar refractivity (Wildman–Crippen MR) is 86.0 cm³/mol. The smallest absolute Gasteiger partial charge is 0.388 e. The summed E-state index contributed by atoms with van der Waals surface area (Å²) < 4.78 is 18.8. The third-order valence-electron chi connectivity index (χ3n) is 3.33. The van der Waals surface area contributed by atoms with Gasteiger partial charge in [-0.1, -0.05) is 17.7 Å². The largest absolute Gasteiger partial charge is 0.437 e. The summed E-state index contributed by atoms with van der Waals surface area (Å²) in [6.45, 7) is 1.66. The highest BCUT2D eigenvalue weighted by Gasteiger charge is 2.13. The summed E-state index contributed by atoms with van der Waals surface area (Å²) in [5.41, 5.74) is 2.15. The van der Waals surface area contributed by atoms with Gasteiger partial charge in [0.25, 0.3) is 0 Å². The second-order valence-electron chi connectivity index (χ2n) is 5.25. The molecule has 0 bridgehead atoms. The number of rotatable bonds is 4. The van der Waals surface area contributed by atoms with E-state index in [4.69, 9.17) is 4.42 Å². The predicted octanol–water partition coefficient (Wildman–Crippen LogP) is 2.59. The van der Waals surface area contributed by atoms with Gasteiger partial charge in [-0.15, -0.1) is 5.10 Å². The van der Waals surface area contributed by atoms with E-state index >= 15 is 0 Å². The lowest BCUT2D eigenvalue weighted by Crippen LogP contribution is -2.25. The molecule has 0 aliphatic carbocycles. The lowest BCUT2D eigenvalue weighted by atomic mass is 10.2. The van der Waals surface area contributed by atoms with E-state index in [-0.39, 0.29) is 12.4 Å². The minimum Gasteiger partial charge on any atom is -0.388 e. The molecular weight excluding hydrogens is 313 g/mol. The van der Waals surface area contributed by atoms with Gasteiger partial charge in [0.05, 0.1) is 0 Å². The van der Waals surface area contributed by atoms with Crippen LogP contribution in [0.5, 0.6) is 0 Å². The zero-order chi connectivity index (χ0) is 17.1. The number of halogens is 1. The molecule has 0 unspecified atom stereocenters. The molecular formula is C17H14FN3O3. The molecule has 0 atom stereocenters. The highest BCUT2D eigenvalue weighted by molar-refractivity contribution is 5.90. The molecule has 1 amide bonds. The number of nitrogens with one attached hydrogen (secondary N) is 1. The van der Waals surface area contributed by atoms with E-state index in [0.29, 0.717) is 11.3 Å². The molecule has 0 radical (unpaired) electrons. The maximum absolute atomic E-state index is 12.9. The van der Waals surface area contributed by atoms with Crippen LogP contribution in [-0.2, 0) is 11.3 Å². The number of hydrogen-bond donors (Lipinski definition) is 1. The lowest BCUT2D eigenvalue weighted by molar-refractivity contribution is -0.117. The number of hydrogen-bond acceptors (Lipinski definition) is 4. The van der Waals surface area contributed by atoms with E-state index in [1.165, 1.54) is 24.3 Å². The normalized spacial score (nSPS) is 10.6. The maximum atomic E-state index is 12.9. The van der Waals surface area contributed by atoms with Gasteiger partial charge in [-0.05, 0) is 43.3 Å². The molecule has 1 aromatic heterocycles. The second-order valence-corrected chi connectivity index (χ2v) is 5.25. The summed E-state index contributed by atoms with van der Waals surface area (Å²) in [7, 11) is 0. The van der Waals surface area contributed by atoms with Crippen molar-refractivity contribution in [3.8, 4) is 11.5 Å². The molecule has 24 heavy (non-hydrogen) atoms. The quantitative estimate of drug-likeness (QED) is 0.799. The fraction of sp³-hybridized carbons (Fsp3) is 0.118. The van der Waals surface area contributed by atoms with E-state index in [0.717, 1.165) is 10.2 Å². The van der Waals surface area contributed by atoms with Crippen LogP contribution in [0.1, 0.15) is 5.56 Å². The molecule has 1 N–H and O–H groups in total. The van der Waals surface area contributed by atoms with Gasteiger partial charge in [-0.2, -0.15) is 4.68 Å². The van der Waals surface area contributed by atoms with Crippen LogP contribution in [0.2, 0.25) is 0 Å². The van der Waals surface area contributed by atoms with Crippen LogP contribution < -0.4 is 11.1 Å². The topological polar surface area (TPSA) is 77.1 Å². The Bertz CT molecular complexity index is 912. The Morgan fingerprint density at radius 3 is 2.50 bits per heavy atom. The van der Waals surface area contributed by atoms with Gasteiger partial charge >= 0.3 is 5.76 Å². The Morgan fingerprint density at radius 2 is 1.83 bits per heavy atom. The minimum absolute atomic E-state index is 0.0307. The van der Waals surface area contributed by atoms with Crippen molar-refractivity contribution in [2.24, 2.45) is 0 Å². The molecule has 0 saturated heterocycles. The van der Waals surface area contributed by atoms with Crippen LogP contribution in [-0.4, -0.2) is 15.7 Å². The molecule has 0 aliphatic rings. The van der Waals surface area contributed by atoms with Crippen molar-refractivity contribution in [3.05, 3.63) is 70.5 Å². The molecule has 0 saturated carbocycles. The number of carbonyl (C=O) groups is 1. The zero-order valence-electron chi connectivity index (χ0n) is 12.8.